The molecule has 0 aromatic heterocycles. The molecule has 1 aliphatic heterocycles. The van der Waals surface area contributed by atoms with E-state index in [-0.39, 0.29) is 56.4 Å². The van der Waals surface area contributed by atoms with Gasteiger partial charge in [0, 0.05) is 37.7 Å². The van der Waals surface area contributed by atoms with Gasteiger partial charge in [0.2, 0.25) is 5.79 Å². The van der Waals surface area contributed by atoms with Crippen molar-refractivity contribution < 1.29 is 43.2 Å². The average molecular weight is 833 g/mol. The van der Waals surface area contributed by atoms with Crippen LogP contribution in [0.3, 0.4) is 0 Å². The number of aliphatic hydroxyl groups excluding tert-OH is 2. The minimum Gasteiger partial charge on any atom is -0.459 e. The zero-order chi connectivity index (χ0) is 42.8. The van der Waals surface area contributed by atoms with Crippen LogP contribution in [0.15, 0.2) is 127 Å². The Labute approximate surface area is 358 Å². The number of carbonyl (C=O) groups excluding carboxylic acids is 1. The summed E-state index contributed by atoms with van der Waals surface area (Å²) in [6.07, 6.45) is 8.10. The van der Waals surface area contributed by atoms with Crippen LogP contribution in [0.1, 0.15) is 68.9 Å². The molecule has 2 N–H and O–H groups in total. The zero-order valence-corrected chi connectivity index (χ0v) is 35.1. The van der Waals surface area contributed by atoms with Crippen LogP contribution in [-0.4, -0.2) is 72.3 Å². The van der Waals surface area contributed by atoms with Crippen LogP contribution in [-0.2, 0) is 20.9 Å². The van der Waals surface area contributed by atoms with Gasteiger partial charge in [-0.05, 0) is 109 Å². The van der Waals surface area contributed by atoms with Crippen molar-refractivity contribution in [1.82, 2.24) is 4.90 Å². The first-order chi connectivity index (χ1) is 29.8. The summed E-state index contributed by atoms with van der Waals surface area (Å²) in [6.45, 7) is 6.58. The summed E-state index contributed by atoms with van der Waals surface area (Å²) in [6, 6.07) is 29.3. The maximum atomic E-state index is 14.1. The molecule has 1 saturated carbocycles. The van der Waals surface area contributed by atoms with Gasteiger partial charge < -0.3 is 34.0 Å². The summed E-state index contributed by atoms with van der Waals surface area (Å²) in [5, 5.41) is 24.6. The van der Waals surface area contributed by atoms with Gasteiger partial charge in [0.1, 0.15) is 35.7 Å². The lowest BCUT2D eigenvalue weighted by Gasteiger charge is -2.59. The largest absolute Gasteiger partial charge is 0.459 e. The van der Waals surface area contributed by atoms with Gasteiger partial charge in [-0.3, -0.25) is 4.90 Å². The Kier molecular flexibility index (Phi) is 14.6. The number of hydrogen-bond donors (Lipinski definition) is 2. The minimum atomic E-state index is -1.47. The summed E-state index contributed by atoms with van der Waals surface area (Å²) in [5.74, 6) is -0.586. The number of nitrogens with zero attached hydrogens (tertiary/aromatic N) is 2. The first-order valence-electron chi connectivity index (χ1n) is 21.5. The fourth-order valence-electron chi connectivity index (χ4n) is 9.54. The number of oxime groups is 1. The van der Waals surface area contributed by atoms with Crippen LogP contribution < -0.4 is 9.47 Å². The van der Waals surface area contributed by atoms with E-state index in [2.05, 4.69) is 30.9 Å². The molecule has 3 aliphatic rings. The Balaban J connectivity index is 1.40. The second-order valence-electron chi connectivity index (χ2n) is 15.9. The highest BCUT2D eigenvalue weighted by Gasteiger charge is 2.65. The summed E-state index contributed by atoms with van der Waals surface area (Å²) in [4.78, 5) is 21.5. The normalized spacial score (nSPS) is 23.2. The number of carbonyl (C=O) groups is 1. The highest BCUT2D eigenvalue weighted by atomic mass is 19.1. The van der Waals surface area contributed by atoms with Gasteiger partial charge >= 0.3 is 6.09 Å². The number of allylic oxidation sites excluding steroid dienone is 1. The number of aliphatic hydroxyl groups is 2. The molecular formula is C50H57FN2O8. The second kappa shape index (κ2) is 20.4. The number of rotatable bonds is 19. The summed E-state index contributed by atoms with van der Waals surface area (Å²) in [5.41, 5.74) is 5.42. The van der Waals surface area contributed by atoms with Gasteiger partial charge in [-0.25, -0.2) is 9.18 Å². The molecule has 0 radical (unpaired) electrons. The fraction of sp³-hybridized carbons (Fsp3) is 0.400. The van der Waals surface area contributed by atoms with E-state index in [4.69, 9.17) is 28.9 Å². The van der Waals surface area contributed by atoms with E-state index >= 15 is 0 Å². The summed E-state index contributed by atoms with van der Waals surface area (Å²) in [7, 11) is 1.34. The average Bonchev–Trinajstić information content (AvgIpc) is 3.29. The molecule has 0 bridgehead atoms. The van der Waals surface area contributed by atoms with Crippen LogP contribution in [0.25, 0.3) is 11.1 Å². The first-order valence-corrected chi connectivity index (χ1v) is 21.5. The third-order valence-electron chi connectivity index (χ3n) is 12.2. The third kappa shape index (κ3) is 9.54. The number of ether oxygens (including phenoxy) is 4. The van der Waals surface area contributed by atoms with Gasteiger partial charge in [-0.15, -0.1) is 6.58 Å². The molecule has 11 heteroatoms. The molecular weight excluding hydrogens is 776 g/mol. The van der Waals surface area contributed by atoms with Crippen molar-refractivity contribution in [3.8, 4) is 28.4 Å². The number of halogens is 1. The number of unbranched alkanes of at least 4 members (excludes halogenated alkanes) is 2. The van der Waals surface area contributed by atoms with Crippen LogP contribution in [0.4, 0.5) is 9.18 Å². The molecule has 1 fully saturated rings. The molecule has 6 unspecified atom stereocenters. The lowest BCUT2D eigenvalue weighted by Crippen LogP contribution is -2.70. The highest BCUT2D eigenvalue weighted by molar-refractivity contribution is 6.03. The number of methoxy groups -OCH3 is 1. The van der Waals surface area contributed by atoms with Crippen LogP contribution in [0, 0.1) is 23.6 Å². The van der Waals surface area contributed by atoms with Crippen molar-refractivity contribution in [2.75, 3.05) is 33.5 Å². The Morgan fingerprint density at radius 2 is 1.64 bits per heavy atom. The molecule has 10 nitrogen and oxygen atoms in total. The monoisotopic (exact) mass is 832 g/mol. The third-order valence-corrected chi connectivity index (χ3v) is 12.2. The van der Waals surface area contributed by atoms with Gasteiger partial charge in [0.25, 0.3) is 0 Å². The lowest BCUT2D eigenvalue weighted by atomic mass is 9.55. The van der Waals surface area contributed by atoms with Gasteiger partial charge in [-0.1, -0.05) is 84.7 Å². The van der Waals surface area contributed by atoms with Crippen molar-refractivity contribution in [2.24, 2.45) is 22.9 Å². The Morgan fingerprint density at radius 3 is 2.33 bits per heavy atom. The predicted octanol–water partition coefficient (Wildman–Crippen LogP) is 10.2. The van der Waals surface area contributed by atoms with Gasteiger partial charge in [-0.2, -0.15) is 0 Å². The number of amides is 1. The van der Waals surface area contributed by atoms with E-state index in [9.17, 15) is 19.4 Å². The van der Waals surface area contributed by atoms with Crippen molar-refractivity contribution in [2.45, 2.75) is 76.2 Å². The molecule has 322 valence electrons. The Morgan fingerprint density at radius 1 is 0.934 bits per heavy atom. The Hall–Kier alpha value is -5.49. The molecule has 2 aliphatic carbocycles. The minimum absolute atomic E-state index is 0.0320. The standard InChI is InChI=1S/C50H57FN2O8/c1-4-29-58-50-46(53(49(56)57-3)33-34-17-21-38(51)22-18-34)32-44(52-59-5-2)42-30-37(15-9-11-27-54)41(16-10-12-28-55)47(48(42)50)43-31-40(25-26-45(43)61-50)60-39-23-19-36(20-24-39)35-13-7-6-8-14-35/h4,6-8,13-14,17-26,30-31,37,41,46-48,54-55H,1,5,9-12,15-16,27-29,32-33H2,2-3H3. The topological polar surface area (TPSA) is 119 Å². The van der Waals surface area contributed by atoms with Crippen molar-refractivity contribution in [3.63, 3.8) is 0 Å². The maximum absolute atomic E-state index is 14.1. The lowest BCUT2D eigenvalue weighted by molar-refractivity contribution is -0.256. The molecule has 7 rings (SSSR count). The van der Waals surface area contributed by atoms with Gasteiger partial charge in [0.15, 0.2) is 0 Å². The highest BCUT2D eigenvalue weighted by Crippen LogP contribution is 2.62. The molecule has 1 amide bonds. The molecule has 4 aromatic carbocycles. The smallest absolute Gasteiger partial charge is 0.410 e. The van der Waals surface area contributed by atoms with E-state index in [1.165, 1.54) is 19.2 Å². The molecule has 6 atom stereocenters. The predicted molar refractivity (Wildman–Crippen MR) is 233 cm³/mol. The van der Waals surface area contributed by atoms with E-state index in [0.29, 0.717) is 48.0 Å². The fourth-order valence-corrected chi connectivity index (χ4v) is 9.54. The van der Waals surface area contributed by atoms with Gasteiger partial charge in [0.05, 0.1) is 25.3 Å². The van der Waals surface area contributed by atoms with Crippen LogP contribution >= 0.6 is 0 Å². The van der Waals surface area contributed by atoms with Crippen molar-refractivity contribution in [1.29, 1.82) is 0 Å². The zero-order valence-electron chi connectivity index (χ0n) is 35.1. The Bertz CT molecular complexity index is 2140. The molecule has 0 spiro atoms. The van der Waals surface area contributed by atoms with Crippen LogP contribution in [0.2, 0.25) is 0 Å². The van der Waals surface area contributed by atoms with E-state index in [0.717, 1.165) is 47.9 Å². The molecule has 1 heterocycles. The number of fused-ring (bicyclic) bond motifs is 2. The SMILES string of the molecule is C=CCOC12Oc3ccc(Oc4ccc(-c5ccccc5)cc4)cc3C3C(CCCCO)C(CCCCO)C=C(C(=NOCC)CC1N(Cc1ccc(F)cc1)C(=O)OC)C32. The molecule has 61 heavy (non-hydrogen) atoms. The van der Waals surface area contributed by atoms with Crippen molar-refractivity contribution in [3.05, 3.63) is 138 Å². The number of hydrogen-bond acceptors (Lipinski definition) is 9. The van der Waals surface area contributed by atoms with Crippen molar-refractivity contribution >= 4 is 11.8 Å². The van der Waals surface area contributed by atoms with E-state index < -0.39 is 23.8 Å². The second-order valence-corrected chi connectivity index (χ2v) is 15.9. The van der Waals surface area contributed by atoms with E-state index in [1.807, 2.05) is 61.5 Å². The molecule has 4 aromatic rings. The first kappa shape index (κ1) is 43.6. The quantitative estimate of drug-likeness (QED) is 0.0545. The summed E-state index contributed by atoms with van der Waals surface area (Å²) >= 11 is 0. The van der Waals surface area contributed by atoms with E-state index in [1.54, 1.807) is 23.1 Å². The molecule has 0 saturated heterocycles. The maximum Gasteiger partial charge on any atom is 0.410 e. The summed E-state index contributed by atoms with van der Waals surface area (Å²) < 4.78 is 40.5. The van der Waals surface area contributed by atoms with Crippen LogP contribution in [0.5, 0.6) is 17.2 Å². The number of benzene rings is 4.